The number of esters is 1. The number of Topliss-reactive ketones (excluding diaryl/α,β-unsaturated/α-hetero) is 1. The van der Waals surface area contributed by atoms with Crippen LogP contribution in [0.25, 0.3) is 0 Å². The van der Waals surface area contributed by atoms with Crippen LogP contribution in [0.2, 0.25) is 0 Å². The second-order valence-electron chi connectivity index (χ2n) is 11.4. The molecule has 0 saturated heterocycles. The molecule has 0 amide bonds. The molecule has 3 nitrogen and oxygen atoms in total. The first-order chi connectivity index (χ1) is 13.8. The monoisotopic (exact) mass is 402 g/mol. The van der Waals surface area contributed by atoms with Gasteiger partial charge in [-0.25, -0.2) is 0 Å². The van der Waals surface area contributed by atoms with Gasteiger partial charge in [0.2, 0.25) is 0 Å². The van der Waals surface area contributed by atoms with Crippen LogP contribution in [0.1, 0.15) is 98.3 Å². The van der Waals surface area contributed by atoms with Gasteiger partial charge in [0.1, 0.15) is 5.78 Å². The Labute approximate surface area is 177 Å². The lowest BCUT2D eigenvalue weighted by Crippen LogP contribution is -2.53. The van der Waals surface area contributed by atoms with Gasteiger partial charge in [0.25, 0.3) is 0 Å². The summed E-state index contributed by atoms with van der Waals surface area (Å²) < 4.78 is 5.16. The van der Waals surface area contributed by atoms with Crippen LogP contribution in [0.15, 0.2) is 0 Å². The summed E-state index contributed by atoms with van der Waals surface area (Å²) in [7, 11) is 0. The van der Waals surface area contributed by atoms with E-state index in [2.05, 4.69) is 20.8 Å². The van der Waals surface area contributed by atoms with Gasteiger partial charge < -0.3 is 4.74 Å². The Morgan fingerprint density at radius 1 is 1.07 bits per heavy atom. The first-order valence-electron chi connectivity index (χ1n) is 12.5. The molecular weight excluding hydrogens is 360 g/mol. The predicted molar refractivity (Wildman–Crippen MR) is 115 cm³/mol. The molecule has 0 aromatic carbocycles. The lowest BCUT2D eigenvalue weighted by Gasteiger charge is -2.60. The number of fused-ring (bicyclic) bond motifs is 5. The number of ether oxygens (including phenoxy) is 1. The minimum absolute atomic E-state index is 0.0270. The molecule has 4 rings (SSSR count). The van der Waals surface area contributed by atoms with E-state index in [0.29, 0.717) is 41.5 Å². The van der Waals surface area contributed by atoms with Crippen LogP contribution in [0.4, 0.5) is 0 Å². The van der Waals surface area contributed by atoms with E-state index in [0.717, 1.165) is 49.4 Å². The fourth-order valence-corrected chi connectivity index (χ4v) is 8.80. The van der Waals surface area contributed by atoms with Gasteiger partial charge in [-0.05, 0) is 105 Å². The van der Waals surface area contributed by atoms with Crippen molar-refractivity contribution in [3.8, 4) is 0 Å². The van der Waals surface area contributed by atoms with Crippen molar-refractivity contribution in [2.75, 3.05) is 6.61 Å². The Balaban J connectivity index is 1.46. The highest BCUT2D eigenvalue weighted by Gasteiger charge is 2.60. The Morgan fingerprint density at radius 2 is 1.83 bits per heavy atom. The van der Waals surface area contributed by atoms with Gasteiger partial charge in [-0.3, -0.25) is 9.59 Å². The highest BCUT2D eigenvalue weighted by Crippen LogP contribution is 2.68. The molecule has 0 spiro atoms. The topological polar surface area (TPSA) is 43.4 Å². The zero-order valence-corrected chi connectivity index (χ0v) is 19.2. The van der Waals surface area contributed by atoms with Crippen molar-refractivity contribution in [1.29, 1.82) is 0 Å². The van der Waals surface area contributed by atoms with E-state index in [1.165, 1.54) is 38.5 Å². The molecule has 164 valence electrons. The SMILES string of the molecule is CCOC(=O)CCC(C)[C@H]1CC[C@H]2[C@@H]3CC[C@@H]4CC(=O)CC[C@]4(C)[C@H]3CC[C@]12C. The molecule has 4 aliphatic rings. The third kappa shape index (κ3) is 3.59. The second-order valence-corrected chi connectivity index (χ2v) is 11.4. The quantitative estimate of drug-likeness (QED) is 0.515. The molecule has 0 bridgehead atoms. The van der Waals surface area contributed by atoms with E-state index >= 15 is 0 Å². The molecule has 4 saturated carbocycles. The predicted octanol–water partition coefficient (Wildman–Crippen LogP) is 6.19. The number of carbonyl (C=O) groups excluding carboxylic acids is 2. The standard InChI is InChI=1S/C26H42O3/c1-5-29-24(28)11-6-17(2)21-9-10-22-20-8-7-18-16-19(27)12-14-25(18,3)23(20)13-15-26(21,22)4/h17-18,20-23H,5-16H2,1-4H3/t17?,18-,20+,21-,22+,23+,25+,26-/m1/s1. The molecule has 0 heterocycles. The summed E-state index contributed by atoms with van der Waals surface area (Å²) in [4.78, 5) is 23.9. The summed E-state index contributed by atoms with van der Waals surface area (Å²) in [5, 5.41) is 0. The van der Waals surface area contributed by atoms with Crippen molar-refractivity contribution < 1.29 is 14.3 Å². The van der Waals surface area contributed by atoms with Crippen LogP contribution >= 0.6 is 0 Å². The van der Waals surface area contributed by atoms with Crippen LogP contribution in [-0.4, -0.2) is 18.4 Å². The molecule has 8 atom stereocenters. The smallest absolute Gasteiger partial charge is 0.305 e. The van der Waals surface area contributed by atoms with Crippen LogP contribution < -0.4 is 0 Å². The van der Waals surface area contributed by atoms with Crippen molar-refractivity contribution in [1.82, 2.24) is 0 Å². The lowest BCUT2D eigenvalue weighted by molar-refractivity contribution is -0.144. The number of hydrogen-bond acceptors (Lipinski definition) is 3. The zero-order chi connectivity index (χ0) is 20.8. The van der Waals surface area contributed by atoms with Crippen molar-refractivity contribution in [3.05, 3.63) is 0 Å². The van der Waals surface area contributed by atoms with Crippen molar-refractivity contribution in [2.24, 2.45) is 46.3 Å². The van der Waals surface area contributed by atoms with Gasteiger partial charge in [-0.15, -0.1) is 0 Å². The molecule has 29 heavy (non-hydrogen) atoms. The first kappa shape index (κ1) is 21.4. The van der Waals surface area contributed by atoms with E-state index < -0.39 is 0 Å². The van der Waals surface area contributed by atoms with Gasteiger partial charge in [0, 0.05) is 19.3 Å². The average Bonchev–Trinajstić information content (AvgIpc) is 3.04. The van der Waals surface area contributed by atoms with Gasteiger partial charge in [0.15, 0.2) is 0 Å². The van der Waals surface area contributed by atoms with Crippen molar-refractivity contribution in [2.45, 2.75) is 98.3 Å². The average molecular weight is 403 g/mol. The van der Waals surface area contributed by atoms with Gasteiger partial charge in [-0.1, -0.05) is 20.8 Å². The molecule has 4 fully saturated rings. The van der Waals surface area contributed by atoms with Crippen molar-refractivity contribution >= 4 is 11.8 Å². The zero-order valence-electron chi connectivity index (χ0n) is 19.2. The van der Waals surface area contributed by atoms with Crippen LogP contribution in [0.3, 0.4) is 0 Å². The van der Waals surface area contributed by atoms with Gasteiger partial charge >= 0.3 is 5.97 Å². The van der Waals surface area contributed by atoms with E-state index in [1.807, 2.05) is 6.92 Å². The fourth-order valence-electron chi connectivity index (χ4n) is 8.80. The van der Waals surface area contributed by atoms with Crippen molar-refractivity contribution in [3.63, 3.8) is 0 Å². The number of rotatable bonds is 5. The highest BCUT2D eigenvalue weighted by atomic mass is 16.5. The van der Waals surface area contributed by atoms with E-state index in [1.54, 1.807) is 0 Å². The van der Waals surface area contributed by atoms with Crippen LogP contribution in [-0.2, 0) is 14.3 Å². The number of ketones is 1. The Hall–Kier alpha value is -0.860. The molecule has 3 heteroatoms. The van der Waals surface area contributed by atoms with E-state index in [9.17, 15) is 9.59 Å². The summed E-state index contributed by atoms with van der Waals surface area (Å²) >= 11 is 0. The molecule has 4 aliphatic carbocycles. The third-order valence-corrected chi connectivity index (χ3v) is 10.4. The number of hydrogen-bond donors (Lipinski definition) is 0. The molecule has 0 aromatic rings. The maximum Gasteiger partial charge on any atom is 0.305 e. The molecule has 0 aliphatic heterocycles. The van der Waals surface area contributed by atoms with Gasteiger partial charge in [-0.2, -0.15) is 0 Å². The molecule has 0 radical (unpaired) electrons. The van der Waals surface area contributed by atoms with E-state index in [-0.39, 0.29) is 5.97 Å². The largest absolute Gasteiger partial charge is 0.466 e. The highest BCUT2D eigenvalue weighted by molar-refractivity contribution is 5.79. The molecule has 0 N–H and O–H groups in total. The maximum atomic E-state index is 12.1. The minimum atomic E-state index is -0.0270. The lowest BCUT2D eigenvalue weighted by atomic mass is 9.44. The third-order valence-electron chi connectivity index (χ3n) is 10.4. The fraction of sp³-hybridized carbons (Fsp3) is 0.923. The Bertz CT molecular complexity index is 642. The Morgan fingerprint density at radius 3 is 2.59 bits per heavy atom. The normalized spacial score (nSPS) is 45.1. The summed E-state index contributed by atoms with van der Waals surface area (Å²) in [6, 6.07) is 0. The first-order valence-corrected chi connectivity index (χ1v) is 12.5. The molecule has 1 unspecified atom stereocenters. The summed E-state index contributed by atoms with van der Waals surface area (Å²) in [6.45, 7) is 9.89. The van der Waals surface area contributed by atoms with Crippen LogP contribution in [0, 0.1) is 46.3 Å². The van der Waals surface area contributed by atoms with Crippen LogP contribution in [0.5, 0.6) is 0 Å². The molecular formula is C26H42O3. The number of carbonyl (C=O) groups is 2. The summed E-state index contributed by atoms with van der Waals surface area (Å²) in [5.74, 6) is 5.04. The summed E-state index contributed by atoms with van der Waals surface area (Å²) in [6.07, 6.45) is 12.4. The minimum Gasteiger partial charge on any atom is -0.466 e. The van der Waals surface area contributed by atoms with E-state index in [4.69, 9.17) is 4.74 Å². The maximum absolute atomic E-state index is 12.1. The molecule has 0 aromatic heterocycles. The summed E-state index contributed by atoms with van der Waals surface area (Å²) in [5.41, 5.74) is 0.856. The second kappa shape index (κ2) is 8.00. The van der Waals surface area contributed by atoms with Gasteiger partial charge in [0.05, 0.1) is 6.61 Å². The Kier molecular flexibility index (Phi) is 5.90.